The van der Waals surface area contributed by atoms with Crippen LogP contribution in [0.25, 0.3) is 0 Å². The number of nitrogen functional groups attached to an aromatic ring is 1. The molecule has 0 aliphatic heterocycles. The minimum absolute atomic E-state index is 0.787. The molecule has 76 valence electrons. The van der Waals surface area contributed by atoms with E-state index in [1.807, 2.05) is 24.3 Å². The van der Waals surface area contributed by atoms with E-state index in [4.69, 9.17) is 10.5 Å². The molecule has 0 saturated heterocycles. The number of anilines is 1. The van der Waals surface area contributed by atoms with Gasteiger partial charge >= 0.3 is 0 Å². The fourth-order valence-corrected chi connectivity index (χ4v) is 1.53. The molecule has 2 heteroatoms. The summed E-state index contributed by atoms with van der Waals surface area (Å²) >= 11 is 0. The van der Waals surface area contributed by atoms with Gasteiger partial charge in [0.15, 0.2) is 0 Å². The van der Waals surface area contributed by atoms with Crippen LogP contribution in [-0.2, 0) is 0 Å². The zero-order valence-corrected chi connectivity index (χ0v) is 8.41. The molecular weight excluding hydrogens is 174 g/mol. The molecule has 0 spiro atoms. The molecule has 1 saturated carbocycles. The lowest BCUT2D eigenvalue weighted by molar-refractivity contribution is 0.303. The minimum atomic E-state index is 0.787. The van der Waals surface area contributed by atoms with Gasteiger partial charge in [-0.05, 0) is 43.0 Å². The highest BCUT2D eigenvalue weighted by molar-refractivity contribution is 5.41. The number of hydrogen-bond donors (Lipinski definition) is 1. The quantitative estimate of drug-likeness (QED) is 0.573. The van der Waals surface area contributed by atoms with E-state index in [-0.39, 0.29) is 0 Å². The maximum atomic E-state index is 5.58. The SMILES string of the molecule is Nc1ccc(OCCCC2CC2)cc1. The molecule has 2 nitrogen and oxygen atoms in total. The maximum absolute atomic E-state index is 5.58. The van der Waals surface area contributed by atoms with Gasteiger partial charge in [0.1, 0.15) is 5.75 Å². The Morgan fingerprint density at radius 1 is 1.21 bits per heavy atom. The van der Waals surface area contributed by atoms with Gasteiger partial charge in [-0.3, -0.25) is 0 Å². The van der Waals surface area contributed by atoms with Gasteiger partial charge in [-0.15, -0.1) is 0 Å². The van der Waals surface area contributed by atoms with Crippen molar-refractivity contribution < 1.29 is 4.74 Å². The molecule has 2 rings (SSSR count). The lowest BCUT2D eigenvalue weighted by Crippen LogP contribution is -1.97. The van der Waals surface area contributed by atoms with E-state index < -0.39 is 0 Å². The molecule has 1 aromatic rings. The third-order valence-corrected chi connectivity index (χ3v) is 2.60. The lowest BCUT2D eigenvalue weighted by Gasteiger charge is -2.05. The highest BCUT2D eigenvalue weighted by atomic mass is 16.5. The average molecular weight is 191 g/mol. The third kappa shape index (κ3) is 2.95. The van der Waals surface area contributed by atoms with Gasteiger partial charge in [-0.2, -0.15) is 0 Å². The molecule has 0 amide bonds. The van der Waals surface area contributed by atoms with Gasteiger partial charge in [0, 0.05) is 5.69 Å². The predicted octanol–water partition coefficient (Wildman–Crippen LogP) is 2.84. The van der Waals surface area contributed by atoms with Crippen molar-refractivity contribution in [3.8, 4) is 5.75 Å². The minimum Gasteiger partial charge on any atom is -0.494 e. The van der Waals surface area contributed by atoms with Gasteiger partial charge in [-0.1, -0.05) is 12.8 Å². The van der Waals surface area contributed by atoms with Gasteiger partial charge < -0.3 is 10.5 Å². The third-order valence-electron chi connectivity index (χ3n) is 2.60. The van der Waals surface area contributed by atoms with Crippen LogP contribution >= 0.6 is 0 Å². The lowest BCUT2D eigenvalue weighted by atomic mass is 10.2. The molecule has 0 radical (unpaired) electrons. The molecular formula is C12H17NO. The largest absolute Gasteiger partial charge is 0.494 e. The number of benzene rings is 1. The standard InChI is InChI=1S/C12H17NO/c13-11-5-7-12(8-6-11)14-9-1-2-10-3-4-10/h5-8,10H,1-4,9,13H2. The molecule has 14 heavy (non-hydrogen) atoms. The van der Waals surface area contributed by atoms with E-state index in [1.165, 1.54) is 25.7 Å². The fourth-order valence-electron chi connectivity index (χ4n) is 1.53. The Hall–Kier alpha value is -1.18. The summed E-state index contributed by atoms with van der Waals surface area (Å²) in [6.45, 7) is 0.834. The smallest absolute Gasteiger partial charge is 0.119 e. The molecule has 0 unspecified atom stereocenters. The van der Waals surface area contributed by atoms with E-state index in [2.05, 4.69) is 0 Å². The molecule has 2 N–H and O–H groups in total. The molecule has 0 aromatic heterocycles. The normalized spacial score (nSPS) is 15.4. The molecule has 0 atom stereocenters. The first-order valence-electron chi connectivity index (χ1n) is 5.33. The monoisotopic (exact) mass is 191 g/mol. The fraction of sp³-hybridized carbons (Fsp3) is 0.500. The second kappa shape index (κ2) is 4.36. The Morgan fingerprint density at radius 2 is 1.93 bits per heavy atom. The van der Waals surface area contributed by atoms with Crippen molar-refractivity contribution >= 4 is 5.69 Å². The van der Waals surface area contributed by atoms with Crippen LogP contribution in [0.3, 0.4) is 0 Å². The van der Waals surface area contributed by atoms with Crippen molar-refractivity contribution in [3.63, 3.8) is 0 Å². The second-order valence-corrected chi connectivity index (χ2v) is 4.00. The van der Waals surface area contributed by atoms with Crippen molar-refractivity contribution in [2.45, 2.75) is 25.7 Å². The number of ether oxygens (including phenoxy) is 1. The second-order valence-electron chi connectivity index (χ2n) is 4.00. The summed E-state index contributed by atoms with van der Waals surface area (Å²) < 4.78 is 5.58. The molecule has 0 bridgehead atoms. The Bertz CT molecular complexity index is 277. The van der Waals surface area contributed by atoms with E-state index >= 15 is 0 Å². The molecule has 1 fully saturated rings. The number of rotatable bonds is 5. The summed E-state index contributed by atoms with van der Waals surface area (Å²) in [5, 5.41) is 0. The van der Waals surface area contributed by atoms with Gasteiger partial charge in [0.2, 0.25) is 0 Å². The van der Waals surface area contributed by atoms with Gasteiger partial charge in [0.05, 0.1) is 6.61 Å². The van der Waals surface area contributed by atoms with Crippen molar-refractivity contribution in [3.05, 3.63) is 24.3 Å². The Morgan fingerprint density at radius 3 is 2.57 bits per heavy atom. The van der Waals surface area contributed by atoms with Crippen molar-refractivity contribution in [1.29, 1.82) is 0 Å². The predicted molar refractivity (Wildman–Crippen MR) is 58.3 cm³/mol. The topological polar surface area (TPSA) is 35.2 Å². The maximum Gasteiger partial charge on any atom is 0.119 e. The molecule has 1 aliphatic rings. The van der Waals surface area contributed by atoms with Crippen LogP contribution in [0.2, 0.25) is 0 Å². The molecule has 1 aromatic carbocycles. The van der Waals surface area contributed by atoms with Crippen molar-refractivity contribution in [2.24, 2.45) is 5.92 Å². The highest BCUT2D eigenvalue weighted by Crippen LogP contribution is 2.33. The first-order chi connectivity index (χ1) is 6.84. The van der Waals surface area contributed by atoms with E-state index in [9.17, 15) is 0 Å². The first-order valence-corrected chi connectivity index (χ1v) is 5.33. The average Bonchev–Trinajstić information content (AvgIpc) is 2.99. The van der Waals surface area contributed by atoms with Crippen LogP contribution < -0.4 is 10.5 Å². The van der Waals surface area contributed by atoms with Crippen LogP contribution in [0.15, 0.2) is 24.3 Å². The van der Waals surface area contributed by atoms with Crippen LogP contribution in [0.5, 0.6) is 5.75 Å². The summed E-state index contributed by atoms with van der Waals surface area (Å²) in [5.41, 5.74) is 6.36. The van der Waals surface area contributed by atoms with E-state index in [0.29, 0.717) is 0 Å². The Balaban J connectivity index is 1.66. The number of hydrogen-bond acceptors (Lipinski definition) is 2. The Labute approximate surface area is 85.1 Å². The highest BCUT2D eigenvalue weighted by Gasteiger charge is 2.19. The van der Waals surface area contributed by atoms with Crippen LogP contribution in [0.4, 0.5) is 5.69 Å². The zero-order chi connectivity index (χ0) is 9.80. The van der Waals surface area contributed by atoms with Crippen LogP contribution in [-0.4, -0.2) is 6.61 Å². The summed E-state index contributed by atoms with van der Waals surface area (Å²) in [5.74, 6) is 1.93. The summed E-state index contributed by atoms with van der Waals surface area (Å²) in [7, 11) is 0. The summed E-state index contributed by atoms with van der Waals surface area (Å²) in [6.07, 6.45) is 5.37. The van der Waals surface area contributed by atoms with Crippen LogP contribution in [0, 0.1) is 5.92 Å². The zero-order valence-electron chi connectivity index (χ0n) is 8.41. The van der Waals surface area contributed by atoms with Crippen molar-refractivity contribution in [1.82, 2.24) is 0 Å². The van der Waals surface area contributed by atoms with E-state index in [0.717, 1.165) is 24.0 Å². The van der Waals surface area contributed by atoms with Crippen LogP contribution in [0.1, 0.15) is 25.7 Å². The Kier molecular flexibility index (Phi) is 2.92. The molecule has 1 aliphatic carbocycles. The molecule has 0 heterocycles. The first kappa shape index (κ1) is 9.38. The summed E-state index contributed by atoms with van der Waals surface area (Å²) in [4.78, 5) is 0. The number of nitrogens with two attached hydrogens (primary N) is 1. The van der Waals surface area contributed by atoms with Gasteiger partial charge in [-0.25, -0.2) is 0 Å². The van der Waals surface area contributed by atoms with E-state index in [1.54, 1.807) is 0 Å². The van der Waals surface area contributed by atoms with Gasteiger partial charge in [0.25, 0.3) is 0 Å². The van der Waals surface area contributed by atoms with Crippen molar-refractivity contribution in [2.75, 3.05) is 12.3 Å². The summed E-state index contributed by atoms with van der Waals surface area (Å²) in [6, 6.07) is 7.59.